The molecule has 0 amide bonds. The summed E-state index contributed by atoms with van der Waals surface area (Å²) in [6.07, 6.45) is 1.58. The van der Waals surface area contributed by atoms with Crippen molar-refractivity contribution in [2.75, 3.05) is 0 Å². The van der Waals surface area contributed by atoms with Crippen LogP contribution in [-0.4, -0.2) is 8.75 Å². The van der Waals surface area contributed by atoms with Gasteiger partial charge in [0, 0.05) is 0 Å². The normalized spacial score (nSPS) is 10.2. The van der Waals surface area contributed by atoms with Crippen molar-refractivity contribution in [2.24, 2.45) is 0 Å². The van der Waals surface area contributed by atoms with E-state index < -0.39 is 0 Å². The van der Waals surface area contributed by atoms with Crippen molar-refractivity contribution in [3.63, 3.8) is 0 Å². The third kappa shape index (κ3) is 1.99. The molecular formula is C7H5ClN2O2S. The molecule has 0 saturated heterocycles. The molecule has 2 rings (SSSR count). The second-order valence-corrected chi connectivity index (χ2v) is 3.11. The Balaban J connectivity index is 1.97. The first-order valence-corrected chi connectivity index (χ1v) is 4.60. The molecule has 0 radical (unpaired) electrons. The average Bonchev–Trinajstić information content (AvgIpc) is 2.72. The zero-order chi connectivity index (χ0) is 9.10. The topological polar surface area (TPSA) is 48.2 Å². The number of ether oxygens (including phenoxy) is 1. The van der Waals surface area contributed by atoms with Crippen LogP contribution in [0.3, 0.4) is 0 Å². The van der Waals surface area contributed by atoms with E-state index >= 15 is 0 Å². The largest absolute Gasteiger partial charge is 0.467 e. The molecule has 0 aliphatic heterocycles. The molecule has 68 valence electrons. The molecule has 0 aromatic carbocycles. The number of hydrogen-bond acceptors (Lipinski definition) is 5. The second-order valence-electron chi connectivity index (χ2n) is 2.23. The van der Waals surface area contributed by atoms with E-state index in [4.69, 9.17) is 20.8 Å². The van der Waals surface area contributed by atoms with Gasteiger partial charge in [0.05, 0.1) is 18.0 Å². The molecule has 0 aliphatic carbocycles. The fraction of sp³-hybridized carbons (Fsp3) is 0.143. The molecule has 0 bridgehead atoms. The second kappa shape index (κ2) is 3.76. The van der Waals surface area contributed by atoms with Crippen molar-refractivity contribution in [3.05, 3.63) is 29.3 Å². The summed E-state index contributed by atoms with van der Waals surface area (Å²) >= 11 is 6.68. The number of aromatic nitrogens is 2. The SMILES string of the molecule is Clc1nsnc1OCc1ccco1. The van der Waals surface area contributed by atoms with Crippen molar-refractivity contribution in [1.29, 1.82) is 0 Å². The Kier molecular flexibility index (Phi) is 2.47. The van der Waals surface area contributed by atoms with Crippen molar-refractivity contribution >= 4 is 23.3 Å². The summed E-state index contributed by atoms with van der Waals surface area (Å²) < 4.78 is 17.9. The zero-order valence-corrected chi connectivity index (χ0v) is 8.01. The molecule has 0 saturated carbocycles. The number of halogens is 1. The van der Waals surface area contributed by atoms with Crippen LogP contribution in [0, 0.1) is 0 Å². The molecule has 0 aliphatic rings. The highest BCUT2D eigenvalue weighted by Crippen LogP contribution is 2.21. The van der Waals surface area contributed by atoms with Crippen molar-refractivity contribution in [1.82, 2.24) is 8.75 Å². The molecule has 2 aromatic heterocycles. The number of nitrogens with zero attached hydrogens (tertiary/aromatic N) is 2. The Morgan fingerprint density at radius 2 is 2.46 bits per heavy atom. The third-order valence-electron chi connectivity index (χ3n) is 1.35. The maximum atomic E-state index is 5.66. The average molecular weight is 217 g/mol. The van der Waals surface area contributed by atoms with Crippen LogP contribution in [0.15, 0.2) is 22.8 Å². The number of furan rings is 1. The summed E-state index contributed by atoms with van der Waals surface area (Å²) in [5.74, 6) is 1.08. The van der Waals surface area contributed by atoms with Crippen molar-refractivity contribution < 1.29 is 9.15 Å². The Morgan fingerprint density at radius 1 is 1.54 bits per heavy atom. The Bertz CT molecular complexity index is 374. The van der Waals surface area contributed by atoms with Crippen LogP contribution in [0.1, 0.15) is 5.76 Å². The minimum atomic E-state index is 0.288. The van der Waals surface area contributed by atoms with E-state index in [0.717, 1.165) is 17.5 Å². The molecule has 2 aromatic rings. The van der Waals surface area contributed by atoms with Crippen LogP contribution in [0.5, 0.6) is 5.88 Å². The molecule has 13 heavy (non-hydrogen) atoms. The highest BCUT2D eigenvalue weighted by Gasteiger charge is 2.06. The van der Waals surface area contributed by atoms with Crippen LogP contribution in [-0.2, 0) is 6.61 Å². The van der Waals surface area contributed by atoms with Gasteiger partial charge in [-0.05, 0) is 12.1 Å². The quantitative estimate of drug-likeness (QED) is 0.790. The molecule has 6 heteroatoms. The highest BCUT2D eigenvalue weighted by molar-refractivity contribution is 6.99. The summed E-state index contributed by atoms with van der Waals surface area (Å²) in [4.78, 5) is 0. The lowest BCUT2D eigenvalue weighted by atomic mass is 10.5. The van der Waals surface area contributed by atoms with Gasteiger partial charge in [0.1, 0.15) is 12.4 Å². The number of hydrogen-bond donors (Lipinski definition) is 0. The first-order valence-electron chi connectivity index (χ1n) is 3.49. The molecule has 0 fully saturated rings. The summed E-state index contributed by atoms with van der Waals surface area (Å²) in [6.45, 7) is 0.318. The predicted molar refractivity (Wildman–Crippen MR) is 48.0 cm³/mol. The summed E-state index contributed by atoms with van der Waals surface area (Å²) in [5.41, 5.74) is 0. The molecule has 0 spiro atoms. The van der Waals surface area contributed by atoms with Gasteiger partial charge in [-0.3, -0.25) is 0 Å². The highest BCUT2D eigenvalue weighted by atomic mass is 35.5. The Morgan fingerprint density at radius 3 is 3.08 bits per heavy atom. The maximum Gasteiger partial charge on any atom is 0.265 e. The van der Waals surface area contributed by atoms with Gasteiger partial charge < -0.3 is 9.15 Å². The van der Waals surface area contributed by atoms with Gasteiger partial charge >= 0.3 is 0 Å². The van der Waals surface area contributed by atoms with Crippen LogP contribution in [0.25, 0.3) is 0 Å². The standard InChI is InChI=1S/C7H5ClN2O2S/c8-6-7(10-13-9-6)12-4-5-2-1-3-11-5/h1-3H,4H2. The van der Waals surface area contributed by atoms with E-state index in [9.17, 15) is 0 Å². The first-order chi connectivity index (χ1) is 6.36. The van der Waals surface area contributed by atoms with E-state index in [-0.39, 0.29) is 5.15 Å². The minimum Gasteiger partial charge on any atom is -0.467 e. The summed E-state index contributed by atoms with van der Waals surface area (Å²) in [6, 6.07) is 3.60. The van der Waals surface area contributed by atoms with Crippen molar-refractivity contribution in [3.8, 4) is 5.88 Å². The van der Waals surface area contributed by atoms with Gasteiger partial charge in [0.2, 0.25) is 5.15 Å². The van der Waals surface area contributed by atoms with Gasteiger partial charge in [0.15, 0.2) is 0 Å². The predicted octanol–water partition coefficient (Wildman–Crippen LogP) is 2.36. The third-order valence-corrected chi connectivity index (χ3v) is 2.21. The van der Waals surface area contributed by atoms with E-state index in [1.54, 1.807) is 12.3 Å². The van der Waals surface area contributed by atoms with Crippen molar-refractivity contribution in [2.45, 2.75) is 6.61 Å². The maximum absolute atomic E-state index is 5.66. The molecule has 2 heterocycles. The lowest BCUT2D eigenvalue weighted by Crippen LogP contribution is -1.93. The fourth-order valence-corrected chi connectivity index (χ4v) is 1.43. The Labute approximate surface area is 83.4 Å². The lowest BCUT2D eigenvalue weighted by Gasteiger charge is -1.98. The lowest BCUT2D eigenvalue weighted by molar-refractivity contribution is 0.263. The van der Waals surface area contributed by atoms with Crippen LogP contribution >= 0.6 is 23.3 Å². The molecule has 0 unspecified atom stereocenters. The van der Waals surface area contributed by atoms with E-state index in [0.29, 0.717) is 12.5 Å². The van der Waals surface area contributed by atoms with Crippen LogP contribution < -0.4 is 4.74 Å². The smallest absolute Gasteiger partial charge is 0.265 e. The van der Waals surface area contributed by atoms with Crippen LogP contribution in [0.2, 0.25) is 5.15 Å². The molecule has 0 N–H and O–H groups in total. The molecule has 0 atom stereocenters. The van der Waals surface area contributed by atoms with Gasteiger partial charge in [-0.1, -0.05) is 11.6 Å². The van der Waals surface area contributed by atoms with Gasteiger partial charge in [-0.25, -0.2) is 0 Å². The fourth-order valence-electron chi connectivity index (χ4n) is 0.790. The monoisotopic (exact) mass is 216 g/mol. The van der Waals surface area contributed by atoms with E-state index in [1.165, 1.54) is 0 Å². The molecular weight excluding hydrogens is 212 g/mol. The summed E-state index contributed by atoms with van der Waals surface area (Å²) in [7, 11) is 0. The zero-order valence-electron chi connectivity index (χ0n) is 6.44. The first kappa shape index (κ1) is 8.52. The van der Waals surface area contributed by atoms with Gasteiger partial charge in [-0.2, -0.15) is 4.37 Å². The minimum absolute atomic E-state index is 0.288. The van der Waals surface area contributed by atoms with Gasteiger partial charge in [0.25, 0.3) is 5.88 Å². The number of rotatable bonds is 3. The van der Waals surface area contributed by atoms with E-state index in [2.05, 4.69) is 8.75 Å². The van der Waals surface area contributed by atoms with Crippen LogP contribution in [0.4, 0.5) is 0 Å². The van der Waals surface area contributed by atoms with E-state index in [1.807, 2.05) is 6.07 Å². The Hall–Kier alpha value is -1.07. The molecule has 4 nitrogen and oxygen atoms in total. The summed E-state index contributed by atoms with van der Waals surface area (Å²) in [5, 5.41) is 0.288. The van der Waals surface area contributed by atoms with Gasteiger partial charge in [-0.15, -0.1) is 4.37 Å².